The van der Waals surface area contributed by atoms with Crippen LogP contribution in [0.3, 0.4) is 0 Å². The summed E-state index contributed by atoms with van der Waals surface area (Å²) in [5.41, 5.74) is 3.22. The van der Waals surface area contributed by atoms with Crippen molar-refractivity contribution in [1.82, 2.24) is 9.47 Å². The van der Waals surface area contributed by atoms with Crippen LogP contribution in [-0.4, -0.2) is 22.0 Å². The second-order valence-corrected chi connectivity index (χ2v) is 6.43. The van der Waals surface area contributed by atoms with Crippen LogP contribution in [0.5, 0.6) is 0 Å². The van der Waals surface area contributed by atoms with Gasteiger partial charge in [-0.1, -0.05) is 31.0 Å². The van der Waals surface area contributed by atoms with Gasteiger partial charge in [-0.15, -0.1) is 0 Å². The Morgan fingerprint density at radius 3 is 2.87 bits per heavy atom. The fourth-order valence-corrected chi connectivity index (χ4v) is 3.48. The molecule has 1 aliphatic rings. The van der Waals surface area contributed by atoms with Gasteiger partial charge in [0.2, 0.25) is 0 Å². The second-order valence-electron chi connectivity index (χ2n) is 5.99. The van der Waals surface area contributed by atoms with Gasteiger partial charge in [-0.2, -0.15) is 0 Å². The number of carbonyl (C=O) groups excluding carboxylic acids is 1. The number of nitrogens with zero attached hydrogens (tertiary/aromatic N) is 2. The van der Waals surface area contributed by atoms with Crippen LogP contribution in [-0.2, 0) is 6.54 Å². The molecule has 122 valence electrons. The summed E-state index contributed by atoms with van der Waals surface area (Å²) in [7, 11) is 0. The molecule has 0 unspecified atom stereocenters. The molecule has 0 saturated carbocycles. The lowest BCUT2D eigenvalue weighted by molar-refractivity contribution is 0.162. The molecule has 0 fully saturated rings. The molecule has 23 heavy (non-hydrogen) atoms. The van der Waals surface area contributed by atoms with E-state index < -0.39 is 0 Å². The lowest BCUT2D eigenvalue weighted by Crippen LogP contribution is -2.44. The zero-order chi connectivity index (χ0) is 16.4. The van der Waals surface area contributed by atoms with Crippen LogP contribution >= 0.6 is 11.6 Å². The third-order valence-corrected chi connectivity index (χ3v) is 4.65. The predicted octanol–water partition coefficient (Wildman–Crippen LogP) is 4.84. The number of nitrogens with one attached hydrogen (secondary N) is 1. The van der Waals surface area contributed by atoms with Crippen molar-refractivity contribution in [3.8, 4) is 0 Å². The monoisotopic (exact) mass is 331 g/mol. The zero-order valence-corrected chi connectivity index (χ0v) is 14.3. The number of rotatable bonds is 3. The number of fused-ring (bicyclic) bond motifs is 1. The van der Waals surface area contributed by atoms with E-state index in [0.717, 1.165) is 31.6 Å². The Morgan fingerprint density at radius 2 is 2.13 bits per heavy atom. The molecular formula is C18H22ClN3O. The van der Waals surface area contributed by atoms with Gasteiger partial charge in [0.1, 0.15) is 0 Å². The highest BCUT2D eigenvalue weighted by Gasteiger charge is 2.31. The van der Waals surface area contributed by atoms with E-state index in [0.29, 0.717) is 5.02 Å². The maximum absolute atomic E-state index is 12.7. The van der Waals surface area contributed by atoms with E-state index >= 15 is 0 Å². The lowest BCUT2D eigenvalue weighted by atomic mass is 10.0. The Kier molecular flexibility index (Phi) is 4.62. The van der Waals surface area contributed by atoms with E-state index in [1.54, 1.807) is 12.1 Å². The van der Waals surface area contributed by atoms with Crippen molar-refractivity contribution in [3.63, 3.8) is 0 Å². The average molecular weight is 332 g/mol. The summed E-state index contributed by atoms with van der Waals surface area (Å²) in [6.45, 7) is 5.84. The molecule has 2 aromatic rings. The van der Waals surface area contributed by atoms with Crippen molar-refractivity contribution in [2.45, 2.75) is 39.3 Å². The molecule has 0 aliphatic carbocycles. The standard InChI is InChI=1S/C18H22ClN3O/c1-3-5-16-17-9-8-13(2)21(17)10-11-22(16)18(23)20-15-7-4-6-14(19)12-15/h4,6-9,12,16H,3,5,10-11H2,1-2H3,(H,20,23)/t16-/m1/s1. The Balaban J connectivity index is 1.82. The molecule has 1 aliphatic heterocycles. The molecule has 2 amide bonds. The zero-order valence-electron chi connectivity index (χ0n) is 13.6. The molecule has 3 rings (SSSR count). The molecule has 1 aromatic carbocycles. The number of carbonyl (C=O) groups is 1. The van der Waals surface area contributed by atoms with Gasteiger partial charge in [-0.3, -0.25) is 0 Å². The van der Waals surface area contributed by atoms with E-state index in [2.05, 4.69) is 35.9 Å². The Labute approximate surface area is 142 Å². The Bertz CT molecular complexity index is 710. The third kappa shape index (κ3) is 3.22. The molecule has 1 aromatic heterocycles. The fourth-order valence-electron chi connectivity index (χ4n) is 3.29. The number of aryl methyl sites for hydroxylation is 1. The van der Waals surface area contributed by atoms with Crippen molar-refractivity contribution >= 4 is 23.3 Å². The minimum absolute atomic E-state index is 0.0594. The first-order valence-electron chi connectivity index (χ1n) is 8.09. The Morgan fingerprint density at radius 1 is 1.30 bits per heavy atom. The summed E-state index contributed by atoms with van der Waals surface area (Å²) in [5.74, 6) is 0. The smallest absolute Gasteiger partial charge is 0.322 e. The van der Waals surface area contributed by atoms with E-state index in [1.807, 2.05) is 17.0 Å². The van der Waals surface area contributed by atoms with Gasteiger partial charge in [0.25, 0.3) is 0 Å². The third-order valence-electron chi connectivity index (χ3n) is 4.41. The summed E-state index contributed by atoms with van der Waals surface area (Å²) < 4.78 is 2.32. The van der Waals surface area contributed by atoms with E-state index in [-0.39, 0.29) is 12.1 Å². The SMILES string of the molecule is CCC[C@@H]1c2ccc(C)n2CCN1C(=O)Nc1cccc(Cl)c1. The highest BCUT2D eigenvalue weighted by atomic mass is 35.5. The molecule has 0 bridgehead atoms. The first kappa shape index (κ1) is 15.9. The van der Waals surface area contributed by atoms with Gasteiger partial charge < -0.3 is 14.8 Å². The highest BCUT2D eigenvalue weighted by Crippen LogP contribution is 2.32. The average Bonchev–Trinajstić information content (AvgIpc) is 2.90. The van der Waals surface area contributed by atoms with Crippen LogP contribution in [0.4, 0.5) is 10.5 Å². The van der Waals surface area contributed by atoms with Gasteiger partial charge in [0.05, 0.1) is 6.04 Å². The summed E-state index contributed by atoms with van der Waals surface area (Å²) >= 11 is 5.99. The summed E-state index contributed by atoms with van der Waals surface area (Å²) in [4.78, 5) is 14.7. The minimum Gasteiger partial charge on any atom is -0.345 e. The molecular weight excluding hydrogens is 310 g/mol. The van der Waals surface area contributed by atoms with Crippen molar-refractivity contribution in [2.24, 2.45) is 0 Å². The maximum Gasteiger partial charge on any atom is 0.322 e. The first-order chi connectivity index (χ1) is 11.1. The van der Waals surface area contributed by atoms with E-state index in [4.69, 9.17) is 11.6 Å². The van der Waals surface area contributed by atoms with Crippen molar-refractivity contribution in [2.75, 3.05) is 11.9 Å². The summed E-state index contributed by atoms with van der Waals surface area (Å²) in [5, 5.41) is 3.59. The Hall–Kier alpha value is -1.94. The number of halogens is 1. The van der Waals surface area contributed by atoms with Crippen LogP contribution < -0.4 is 5.32 Å². The van der Waals surface area contributed by atoms with Gasteiger partial charge >= 0.3 is 6.03 Å². The molecule has 4 nitrogen and oxygen atoms in total. The number of benzene rings is 1. The van der Waals surface area contributed by atoms with Gasteiger partial charge in [-0.05, 0) is 43.7 Å². The van der Waals surface area contributed by atoms with E-state index in [1.165, 1.54) is 11.4 Å². The van der Waals surface area contributed by atoms with Gasteiger partial charge in [0.15, 0.2) is 0 Å². The summed E-state index contributed by atoms with van der Waals surface area (Å²) in [6.07, 6.45) is 2.00. The van der Waals surface area contributed by atoms with E-state index in [9.17, 15) is 4.79 Å². The number of aromatic nitrogens is 1. The molecule has 2 heterocycles. The number of amides is 2. The molecule has 1 N–H and O–H groups in total. The highest BCUT2D eigenvalue weighted by molar-refractivity contribution is 6.30. The van der Waals surface area contributed by atoms with Crippen molar-refractivity contribution < 1.29 is 4.79 Å². The van der Waals surface area contributed by atoms with Gasteiger partial charge in [0, 0.05) is 35.2 Å². The fraction of sp³-hybridized carbons (Fsp3) is 0.389. The topological polar surface area (TPSA) is 37.3 Å². The quantitative estimate of drug-likeness (QED) is 0.858. The van der Waals surface area contributed by atoms with Crippen LogP contribution in [0, 0.1) is 6.92 Å². The number of urea groups is 1. The number of hydrogen-bond donors (Lipinski definition) is 1. The van der Waals surface area contributed by atoms with Gasteiger partial charge in [-0.25, -0.2) is 4.79 Å². The van der Waals surface area contributed by atoms with Crippen LogP contribution in [0.25, 0.3) is 0 Å². The van der Waals surface area contributed by atoms with Crippen molar-refractivity contribution in [3.05, 3.63) is 52.8 Å². The minimum atomic E-state index is -0.0594. The number of anilines is 1. The predicted molar refractivity (Wildman–Crippen MR) is 94.0 cm³/mol. The lowest BCUT2D eigenvalue weighted by Gasteiger charge is -2.37. The largest absolute Gasteiger partial charge is 0.345 e. The van der Waals surface area contributed by atoms with Crippen LogP contribution in [0.2, 0.25) is 5.02 Å². The first-order valence-corrected chi connectivity index (χ1v) is 8.47. The number of hydrogen-bond acceptors (Lipinski definition) is 1. The molecule has 0 saturated heterocycles. The maximum atomic E-state index is 12.7. The normalized spacial score (nSPS) is 17.0. The van der Waals surface area contributed by atoms with Crippen LogP contribution in [0.1, 0.15) is 37.2 Å². The molecule has 0 radical (unpaired) electrons. The summed E-state index contributed by atoms with van der Waals surface area (Å²) in [6, 6.07) is 11.6. The molecule has 0 spiro atoms. The molecule has 1 atom stereocenters. The van der Waals surface area contributed by atoms with Crippen LogP contribution in [0.15, 0.2) is 36.4 Å². The second kappa shape index (κ2) is 6.67. The van der Waals surface area contributed by atoms with Crippen molar-refractivity contribution in [1.29, 1.82) is 0 Å². The molecule has 5 heteroatoms.